The van der Waals surface area contributed by atoms with Gasteiger partial charge in [0, 0.05) is 24.7 Å². The summed E-state index contributed by atoms with van der Waals surface area (Å²) in [4.78, 5) is 22.9. The van der Waals surface area contributed by atoms with E-state index in [1.807, 2.05) is 13.8 Å². The molecule has 66 valence electrons. The van der Waals surface area contributed by atoms with Crippen LogP contribution in [0.3, 0.4) is 0 Å². The maximum atomic E-state index is 11.5. The maximum absolute atomic E-state index is 11.5. The molecule has 0 aliphatic heterocycles. The van der Waals surface area contributed by atoms with Gasteiger partial charge in [-0.1, -0.05) is 13.8 Å². The smallest absolute Gasteiger partial charge is 0.137 e. The summed E-state index contributed by atoms with van der Waals surface area (Å²) >= 11 is 0. The van der Waals surface area contributed by atoms with Crippen LogP contribution in [-0.2, 0) is 9.59 Å². The first-order valence-electron chi connectivity index (χ1n) is 4.66. The number of carbonyl (C=O) groups is 2. The topological polar surface area (TPSA) is 34.1 Å². The average molecular weight is 166 g/mol. The van der Waals surface area contributed by atoms with Gasteiger partial charge in [0.1, 0.15) is 11.6 Å². The van der Waals surface area contributed by atoms with Crippen LogP contribution in [0.15, 0.2) is 0 Å². The Morgan fingerprint density at radius 2 is 1.25 bits per heavy atom. The first kappa shape index (κ1) is 7.96. The van der Waals surface area contributed by atoms with Crippen LogP contribution in [0.5, 0.6) is 0 Å². The van der Waals surface area contributed by atoms with E-state index in [2.05, 4.69) is 0 Å². The largest absolute Gasteiger partial charge is 0.299 e. The van der Waals surface area contributed by atoms with Crippen molar-refractivity contribution in [1.82, 2.24) is 0 Å². The van der Waals surface area contributed by atoms with E-state index >= 15 is 0 Å². The van der Waals surface area contributed by atoms with Gasteiger partial charge in [0.05, 0.1) is 0 Å². The lowest BCUT2D eigenvalue weighted by atomic mass is 9.90. The Labute approximate surface area is 72.3 Å². The molecular weight excluding hydrogens is 152 g/mol. The minimum atomic E-state index is 0.0764. The Balaban J connectivity index is 2.32. The Morgan fingerprint density at radius 3 is 1.58 bits per heavy atom. The summed E-state index contributed by atoms with van der Waals surface area (Å²) in [7, 11) is 0. The number of rotatable bonds is 0. The van der Waals surface area contributed by atoms with Gasteiger partial charge < -0.3 is 0 Å². The highest BCUT2D eigenvalue weighted by Crippen LogP contribution is 2.46. The predicted octanol–water partition coefficient (Wildman–Crippen LogP) is 1.44. The molecule has 0 aromatic heterocycles. The van der Waals surface area contributed by atoms with Gasteiger partial charge >= 0.3 is 0 Å². The Morgan fingerprint density at radius 1 is 0.917 bits per heavy atom. The lowest BCUT2D eigenvalue weighted by Crippen LogP contribution is -2.18. The van der Waals surface area contributed by atoms with E-state index in [9.17, 15) is 9.59 Å². The number of hydrogen-bond acceptors (Lipinski definition) is 2. The number of Topliss-reactive ketones (excluding diaryl/α,β-unsaturated/α-hetero) is 2. The molecule has 0 saturated heterocycles. The number of hydrogen-bond donors (Lipinski definition) is 0. The first-order valence-corrected chi connectivity index (χ1v) is 4.66. The van der Waals surface area contributed by atoms with E-state index in [4.69, 9.17) is 0 Å². The molecule has 0 radical (unpaired) electrons. The highest BCUT2D eigenvalue weighted by Gasteiger charge is 2.51. The second-order valence-corrected chi connectivity index (χ2v) is 4.35. The van der Waals surface area contributed by atoms with Crippen molar-refractivity contribution in [3.63, 3.8) is 0 Å². The number of fused-ring (bicyclic) bond motifs is 1. The highest BCUT2D eigenvalue weighted by atomic mass is 16.1. The van der Waals surface area contributed by atoms with Crippen molar-refractivity contribution in [1.29, 1.82) is 0 Å². The molecule has 2 nitrogen and oxygen atoms in total. The first-order chi connectivity index (χ1) is 5.61. The van der Waals surface area contributed by atoms with Gasteiger partial charge in [-0.15, -0.1) is 0 Å². The monoisotopic (exact) mass is 166 g/mol. The molecule has 0 N–H and O–H groups in total. The molecule has 2 rings (SSSR count). The van der Waals surface area contributed by atoms with Crippen LogP contribution < -0.4 is 0 Å². The molecule has 0 aromatic carbocycles. The number of ketones is 2. The van der Waals surface area contributed by atoms with Crippen molar-refractivity contribution in [3.05, 3.63) is 0 Å². The van der Waals surface area contributed by atoms with Gasteiger partial charge in [-0.2, -0.15) is 0 Å². The molecule has 0 aromatic rings. The summed E-state index contributed by atoms with van der Waals surface area (Å²) in [5.41, 5.74) is 0. The molecule has 2 fully saturated rings. The van der Waals surface area contributed by atoms with Crippen LogP contribution in [0.2, 0.25) is 0 Å². The van der Waals surface area contributed by atoms with Gasteiger partial charge in [-0.25, -0.2) is 0 Å². The van der Waals surface area contributed by atoms with E-state index in [1.165, 1.54) is 0 Å². The van der Waals surface area contributed by atoms with E-state index < -0.39 is 0 Å². The van der Waals surface area contributed by atoms with Crippen molar-refractivity contribution in [2.24, 2.45) is 23.7 Å². The van der Waals surface area contributed by atoms with E-state index in [1.54, 1.807) is 0 Å². The summed E-state index contributed by atoms with van der Waals surface area (Å²) in [5, 5.41) is 0. The summed E-state index contributed by atoms with van der Waals surface area (Å²) < 4.78 is 0. The maximum Gasteiger partial charge on any atom is 0.137 e. The predicted molar refractivity (Wildman–Crippen MR) is 44.6 cm³/mol. The molecule has 2 aliphatic carbocycles. The molecule has 4 atom stereocenters. The third-order valence-electron chi connectivity index (χ3n) is 3.40. The fraction of sp³-hybridized carbons (Fsp3) is 0.800. The second-order valence-electron chi connectivity index (χ2n) is 4.35. The molecule has 0 amide bonds. The van der Waals surface area contributed by atoms with Crippen LogP contribution in [0, 0.1) is 23.7 Å². The van der Waals surface area contributed by atoms with Crippen LogP contribution in [0.4, 0.5) is 0 Å². The lowest BCUT2D eigenvalue weighted by molar-refractivity contribution is -0.124. The van der Waals surface area contributed by atoms with Crippen molar-refractivity contribution in [3.8, 4) is 0 Å². The van der Waals surface area contributed by atoms with Gasteiger partial charge in [-0.3, -0.25) is 9.59 Å². The summed E-state index contributed by atoms with van der Waals surface area (Å²) in [6.07, 6.45) is 1.26. The van der Waals surface area contributed by atoms with E-state index in [-0.39, 0.29) is 11.8 Å². The van der Waals surface area contributed by atoms with Crippen LogP contribution >= 0.6 is 0 Å². The summed E-state index contributed by atoms with van der Waals surface area (Å²) in [5.74, 6) is 1.41. The third-order valence-corrected chi connectivity index (χ3v) is 3.40. The fourth-order valence-corrected chi connectivity index (χ4v) is 2.90. The third kappa shape index (κ3) is 0.869. The molecule has 12 heavy (non-hydrogen) atoms. The fourth-order valence-electron chi connectivity index (χ4n) is 2.90. The molecule has 0 spiro atoms. The zero-order valence-electron chi connectivity index (χ0n) is 7.54. The van der Waals surface area contributed by atoms with Gasteiger partial charge in [0.15, 0.2) is 0 Å². The van der Waals surface area contributed by atoms with Crippen LogP contribution in [0.1, 0.15) is 26.7 Å². The van der Waals surface area contributed by atoms with Crippen molar-refractivity contribution >= 4 is 11.6 Å². The average Bonchev–Trinajstić information content (AvgIpc) is 2.38. The van der Waals surface area contributed by atoms with Crippen LogP contribution in [-0.4, -0.2) is 11.6 Å². The molecule has 2 saturated carbocycles. The van der Waals surface area contributed by atoms with Gasteiger partial charge in [0.2, 0.25) is 0 Å². The lowest BCUT2D eigenvalue weighted by Gasteiger charge is -2.11. The van der Waals surface area contributed by atoms with Crippen molar-refractivity contribution < 1.29 is 9.59 Å². The molecule has 0 heterocycles. The molecule has 0 unspecified atom stereocenters. The number of carbonyl (C=O) groups excluding carboxylic acids is 2. The standard InChI is InChI=1S/C10H14O2/c1-5-3-7(11)10-6(2)4-8(12)9(5)10/h5-6,9-10H,3-4H2,1-2H3/t5-,6-,9-,10-/m0/s1. The Bertz CT molecular complexity index is 218. The molecular formula is C10H14O2. The minimum absolute atomic E-state index is 0.0764. The minimum Gasteiger partial charge on any atom is -0.299 e. The second kappa shape index (κ2) is 2.41. The van der Waals surface area contributed by atoms with Crippen molar-refractivity contribution in [2.75, 3.05) is 0 Å². The van der Waals surface area contributed by atoms with Gasteiger partial charge in [-0.05, 0) is 11.8 Å². The Hall–Kier alpha value is -0.660. The SMILES string of the molecule is C[C@H]1CC(=O)[C@H]2[C@@H]1C(=O)C[C@@H]2C. The quantitative estimate of drug-likeness (QED) is 0.545. The van der Waals surface area contributed by atoms with E-state index in [0.29, 0.717) is 36.2 Å². The molecule has 0 bridgehead atoms. The summed E-state index contributed by atoms with van der Waals surface area (Å²) in [6.45, 7) is 4.05. The zero-order chi connectivity index (χ0) is 8.88. The van der Waals surface area contributed by atoms with Crippen LogP contribution in [0.25, 0.3) is 0 Å². The van der Waals surface area contributed by atoms with E-state index in [0.717, 1.165) is 0 Å². The van der Waals surface area contributed by atoms with Gasteiger partial charge in [0.25, 0.3) is 0 Å². The zero-order valence-corrected chi connectivity index (χ0v) is 7.54. The molecule has 2 heteroatoms. The highest BCUT2D eigenvalue weighted by molar-refractivity contribution is 5.96. The summed E-state index contributed by atoms with van der Waals surface area (Å²) in [6, 6.07) is 0. The normalized spacial score (nSPS) is 46.8. The molecule has 2 aliphatic rings. The Kier molecular flexibility index (Phi) is 1.60. The van der Waals surface area contributed by atoms with Crippen molar-refractivity contribution in [2.45, 2.75) is 26.7 Å².